The fraction of sp³-hybridized carbons (Fsp3) is 0.214. The van der Waals surface area contributed by atoms with Crippen LogP contribution in [-0.2, 0) is 16.6 Å². The van der Waals surface area contributed by atoms with E-state index in [1.807, 2.05) is 0 Å². The molecule has 1 saturated heterocycles. The first-order valence-electron chi connectivity index (χ1n) is 12.5. The van der Waals surface area contributed by atoms with Gasteiger partial charge in [-0.25, -0.2) is 12.8 Å². The third-order valence-electron chi connectivity index (χ3n) is 6.56. The lowest BCUT2D eigenvalue weighted by atomic mass is 10.1. The molecule has 1 aromatic heterocycles. The second-order valence-electron chi connectivity index (χ2n) is 9.39. The van der Waals surface area contributed by atoms with Crippen molar-refractivity contribution in [1.29, 1.82) is 0 Å². The summed E-state index contributed by atoms with van der Waals surface area (Å²) in [7, 11) is -4.39. The molecule has 8 nitrogen and oxygen atoms in total. The van der Waals surface area contributed by atoms with Crippen LogP contribution in [0.15, 0.2) is 83.9 Å². The smallest absolute Gasteiger partial charge is 0.404 e. The number of hydrogen-bond acceptors (Lipinski definition) is 6. The molecule has 1 amide bonds. The van der Waals surface area contributed by atoms with Crippen molar-refractivity contribution in [1.82, 2.24) is 14.8 Å². The summed E-state index contributed by atoms with van der Waals surface area (Å²) in [6, 6.07) is 17.0. The number of sulfonamides is 1. The van der Waals surface area contributed by atoms with Crippen molar-refractivity contribution in [2.24, 2.45) is 0 Å². The predicted octanol–water partition coefficient (Wildman–Crippen LogP) is 5.03. The van der Waals surface area contributed by atoms with Crippen LogP contribution in [0, 0.1) is 5.82 Å². The molecule has 0 saturated carbocycles. The van der Waals surface area contributed by atoms with Crippen molar-refractivity contribution in [2.45, 2.75) is 17.8 Å². The minimum absolute atomic E-state index is 0.0917. The van der Waals surface area contributed by atoms with Gasteiger partial charge in [0.15, 0.2) is 5.75 Å². The summed E-state index contributed by atoms with van der Waals surface area (Å²) in [5.74, 6) is -1.72. The van der Waals surface area contributed by atoms with E-state index in [1.54, 1.807) is 30.3 Å². The number of carbonyl (C=O) groups excluding carboxylic acids is 1. The third-order valence-corrected chi connectivity index (χ3v) is 7.96. The van der Waals surface area contributed by atoms with E-state index >= 15 is 0 Å². The number of piperazine rings is 1. The number of ether oxygens (including phenoxy) is 1. The molecular weight excluding hydrogens is 564 g/mol. The molecule has 0 atom stereocenters. The number of halogens is 4. The van der Waals surface area contributed by atoms with Crippen LogP contribution in [0.25, 0.3) is 10.9 Å². The fourth-order valence-electron chi connectivity index (χ4n) is 4.58. The van der Waals surface area contributed by atoms with Crippen LogP contribution < -0.4 is 9.46 Å². The number of amides is 1. The van der Waals surface area contributed by atoms with E-state index in [1.165, 1.54) is 41.4 Å². The summed E-state index contributed by atoms with van der Waals surface area (Å²) < 4.78 is 85.7. The minimum atomic E-state index is -5.14. The van der Waals surface area contributed by atoms with Gasteiger partial charge in [-0.05, 0) is 48.0 Å². The molecule has 1 aliphatic heterocycles. The molecule has 2 heterocycles. The zero-order valence-electron chi connectivity index (χ0n) is 21.4. The topological polar surface area (TPSA) is 91.8 Å². The third kappa shape index (κ3) is 6.74. The molecule has 3 aromatic carbocycles. The van der Waals surface area contributed by atoms with Crippen LogP contribution in [0.3, 0.4) is 0 Å². The summed E-state index contributed by atoms with van der Waals surface area (Å²) in [6.45, 7) is 2.21. The summed E-state index contributed by atoms with van der Waals surface area (Å²) in [4.78, 5) is 20.6. The number of carbonyl (C=O) groups is 1. The second-order valence-corrected chi connectivity index (χ2v) is 11.0. The summed E-state index contributed by atoms with van der Waals surface area (Å²) >= 11 is 0. The monoisotopic (exact) mass is 588 g/mol. The molecule has 4 aromatic rings. The van der Waals surface area contributed by atoms with Crippen molar-refractivity contribution >= 4 is 32.5 Å². The molecule has 0 spiro atoms. The Kier molecular flexibility index (Phi) is 7.82. The first-order chi connectivity index (χ1) is 19.5. The second kappa shape index (κ2) is 11.3. The normalized spacial score (nSPS) is 14.7. The molecule has 214 valence electrons. The van der Waals surface area contributed by atoms with Gasteiger partial charge in [0, 0.05) is 49.9 Å². The number of para-hydroxylation sites is 1. The number of nitrogens with zero attached hydrogens (tertiary/aromatic N) is 3. The molecule has 1 N–H and O–H groups in total. The molecule has 0 unspecified atom stereocenters. The summed E-state index contributed by atoms with van der Waals surface area (Å²) in [5, 5.41) is 0.529. The highest BCUT2D eigenvalue weighted by Crippen LogP contribution is 2.34. The lowest BCUT2D eigenvalue weighted by Crippen LogP contribution is -2.48. The largest absolute Gasteiger partial charge is 0.573 e. The number of anilines is 1. The molecule has 0 radical (unpaired) electrons. The van der Waals surface area contributed by atoms with E-state index in [0.29, 0.717) is 38.1 Å². The van der Waals surface area contributed by atoms with Crippen LogP contribution in [0.5, 0.6) is 5.75 Å². The Bertz CT molecular complexity index is 1670. The number of benzene rings is 3. The van der Waals surface area contributed by atoms with Gasteiger partial charge in [0.05, 0.1) is 11.2 Å². The van der Waals surface area contributed by atoms with Gasteiger partial charge in [-0.2, -0.15) is 0 Å². The first kappa shape index (κ1) is 28.3. The van der Waals surface area contributed by atoms with E-state index in [0.717, 1.165) is 17.7 Å². The highest BCUT2D eigenvalue weighted by molar-refractivity contribution is 7.93. The van der Waals surface area contributed by atoms with Crippen molar-refractivity contribution in [3.63, 3.8) is 0 Å². The number of fused-ring (bicyclic) bond motifs is 1. The van der Waals surface area contributed by atoms with E-state index in [9.17, 15) is 30.8 Å². The van der Waals surface area contributed by atoms with Crippen LogP contribution in [-0.4, -0.2) is 61.7 Å². The van der Waals surface area contributed by atoms with Gasteiger partial charge in [0.25, 0.3) is 15.9 Å². The average Bonchev–Trinajstić information content (AvgIpc) is 2.94. The van der Waals surface area contributed by atoms with E-state index in [-0.39, 0.29) is 21.8 Å². The Balaban J connectivity index is 1.34. The van der Waals surface area contributed by atoms with Gasteiger partial charge in [0.2, 0.25) is 0 Å². The molecule has 13 heteroatoms. The van der Waals surface area contributed by atoms with Crippen LogP contribution in [0.2, 0.25) is 0 Å². The van der Waals surface area contributed by atoms with Crippen LogP contribution >= 0.6 is 0 Å². The first-order valence-corrected chi connectivity index (χ1v) is 14.0. The number of nitrogens with one attached hydrogen (secondary N) is 1. The number of alkyl halides is 3. The van der Waals surface area contributed by atoms with Crippen LogP contribution in [0.1, 0.15) is 15.9 Å². The number of pyridine rings is 1. The number of rotatable bonds is 7. The van der Waals surface area contributed by atoms with Gasteiger partial charge in [-0.1, -0.05) is 30.3 Å². The molecule has 1 fully saturated rings. The van der Waals surface area contributed by atoms with E-state index in [4.69, 9.17) is 0 Å². The standard InChI is InChI=1S/C28H24F4N4O4S/c29-22-9-6-19(7-10-22)18-35-13-15-36(16-14-35)27(37)21-8-11-23(24(17-21)40-28(30,31)32)34-41(38,39)25-5-1-3-20-4-2-12-33-26(20)25/h1-12,17,34H,13-16,18H2. The van der Waals surface area contributed by atoms with Gasteiger partial charge in [-0.3, -0.25) is 19.4 Å². The Hall–Kier alpha value is -4.23. The molecule has 0 bridgehead atoms. The van der Waals surface area contributed by atoms with Crippen molar-refractivity contribution < 1.29 is 35.5 Å². The van der Waals surface area contributed by atoms with Gasteiger partial charge in [0.1, 0.15) is 10.7 Å². The highest BCUT2D eigenvalue weighted by Gasteiger charge is 2.34. The maximum atomic E-state index is 13.3. The zero-order chi connectivity index (χ0) is 29.2. The van der Waals surface area contributed by atoms with Gasteiger partial charge in [-0.15, -0.1) is 13.2 Å². The Morgan fingerprint density at radius 1 is 0.951 bits per heavy atom. The number of hydrogen-bond donors (Lipinski definition) is 1. The maximum Gasteiger partial charge on any atom is 0.573 e. The summed E-state index contributed by atoms with van der Waals surface area (Å²) in [5.41, 5.74) is 0.477. The molecular formula is C28H24F4N4O4S. The fourth-order valence-corrected chi connectivity index (χ4v) is 5.83. The van der Waals surface area contributed by atoms with Crippen molar-refractivity contribution in [2.75, 3.05) is 30.9 Å². The lowest BCUT2D eigenvalue weighted by molar-refractivity contribution is -0.274. The highest BCUT2D eigenvalue weighted by atomic mass is 32.2. The van der Waals surface area contributed by atoms with Gasteiger partial charge >= 0.3 is 6.36 Å². The predicted molar refractivity (Wildman–Crippen MR) is 143 cm³/mol. The number of aromatic nitrogens is 1. The van der Waals surface area contributed by atoms with E-state index < -0.39 is 33.7 Å². The Morgan fingerprint density at radius 3 is 2.37 bits per heavy atom. The summed E-state index contributed by atoms with van der Waals surface area (Å²) in [6.07, 6.45) is -3.74. The van der Waals surface area contributed by atoms with Gasteiger partial charge < -0.3 is 9.64 Å². The minimum Gasteiger partial charge on any atom is -0.404 e. The van der Waals surface area contributed by atoms with Crippen molar-refractivity contribution in [3.05, 3.63) is 95.9 Å². The molecule has 1 aliphatic rings. The SMILES string of the molecule is O=C(c1ccc(NS(=O)(=O)c2cccc3cccnc23)c(OC(F)(F)F)c1)N1CCN(Cc2ccc(F)cc2)CC1. The maximum absolute atomic E-state index is 13.3. The lowest BCUT2D eigenvalue weighted by Gasteiger charge is -2.35. The van der Waals surface area contributed by atoms with Crippen molar-refractivity contribution in [3.8, 4) is 5.75 Å². The molecule has 41 heavy (non-hydrogen) atoms. The quantitative estimate of drug-likeness (QED) is 0.305. The van der Waals surface area contributed by atoms with E-state index in [2.05, 4.69) is 19.3 Å². The molecule has 5 rings (SSSR count). The molecule has 0 aliphatic carbocycles. The Labute approximate surface area is 233 Å². The Morgan fingerprint density at radius 2 is 1.66 bits per heavy atom. The average molecular weight is 589 g/mol. The van der Waals surface area contributed by atoms with Crippen LogP contribution in [0.4, 0.5) is 23.2 Å². The zero-order valence-corrected chi connectivity index (χ0v) is 22.3.